The summed E-state index contributed by atoms with van der Waals surface area (Å²) >= 11 is 0. The van der Waals surface area contributed by atoms with Gasteiger partial charge in [0.2, 0.25) is 0 Å². The molecule has 2 rings (SSSR count). The summed E-state index contributed by atoms with van der Waals surface area (Å²) in [7, 11) is 3.98. The van der Waals surface area contributed by atoms with E-state index in [0.29, 0.717) is 5.56 Å². The maximum absolute atomic E-state index is 10.8. The summed E-state index contributed by atoms with van der Waals surface area (Å²) in [6.45, 7) is 3.33. The first kappa shape index (κ1) is 15.8. The second kappa shape index (κ2) is 6.89. The molecule has 0 saturated heterocycles. The smallest absolute Gasteiger partial charge is 0.290 e. The molecular weight excluding hydrogens is 280 g/mol. The van der Waals surface area contributed by atoms with Crippen LogP contribution in [0.4, 0.5) is 17.2 Å². The Hall–Kier alpha value is -2.63. The lowest BCUT2D eigenvalue weighted by molar-refractivity contribution is -0.385. The summed E-state index contributed by atoms with van der Waals surface area (Å²) in [6.07, 6.45) is 1.32. The standard InChI is InChI=1S/C16H20N4O2/c1-13-11-16(17-12-15(13)20(21)22)19(3)10-9-18(2)14-7-5-4-6-8-14/h4-8,11-12H,9-10H2,1-3H3. The van der Waals surface area contributed by atoms with Crippen LogP contribution in [0.2, 0.25) is 0 Å². The van der Waals surface area contributed by atoms with Crippen LogP contribution in [0.5, 0.6) is 0 Å². The number of hydrogen-bond donors (Lipinski definition) is 0. The SMILES string of the molecule is Cc1cc(N(C)CCN(C)c2ccccc2)ncc1[N+](=O)[O-]. The molecule has 1 aromatic heterocycles. The van der Waals surface area contributed by atoms with Gasteiger partial charge in [0.15, 0.2) is 0 Å². The molecule has 22 heavy (non-hydrogen) atoms. The number of nitro groups is 1. The molecule has 1 heterocycles. The first-order valence-electron chi connectivity index (χ1n) is 7.07. The largest absolute Gasteiger partial charge is 0.373 e. The molecular formula is C16H20N4O2. The van der Waals surface area contributed by atoms with Gasteiger partial charge in [0.05, 0.1) is 4.92 Å². The van der Waals surface area contributed by atoms with Crippen LogP contribution in [-0.2, 0) is 0 Å². The highest BCUT2D eigenvalue weighted by atomic mass is 16.6. The second-order valence-electron chi connectivity index (χ2n) is 5.26. The Bertz CT molecular complexity index is 646. The minimum absolute atomic E-state index is 0.0542. The predicted molar refractivity (Wildman–Crippen MR) is 88.6 cm³/mol. The number of likely N-dealkylation sites (N-methyl/N-ethyl adjacent to an activating group) is 2. The topological polar surface area (TPSA) is 62.5 Å². The molecule has 1 aromatic carbocycles. The van der Waals surface area contributed by atoms with Gasteiger partial charge in [-0.05, 0) is 25.1 Å². The minimum Gasteiger partial charge on any atom is -0.373 e. The lowest BCUT2D eigenvalue weighted by Gasteiger charge is -2.24. The Morgan fingerprint density at radius 2 is 1.77 bits per heavy atom. The zero-order valence-electron chi connectivity index (χ0n) is 13.1. The van der Waals surface area contributed by atoms with Crippen LogP contribution in [0.1, 0.15) is 5.56 Å². The van der Waals surface area contributed by atoms with Crippen LogP contribution in [0.3, 0.4) is 0 Å². The summed E-state index contributed by atoms with van der Waals surface area (Å²) < 4.78 is 0. The van der Waals surface area contributed by atoms with E-state index >= 15 is 0 Å². The third-order valence-corrected chi connectivity index (χ3v) is 3.62. The van der Waals surface area contributed by atoms with Gasteiger partial charge in [0.25, 0.3) is 5.69 Å². The molecule has 0 saturated carbocycles. The molecule has 0 bridgehead atoms. The van der Waals surface area contributed by atoms with Crippen LogP contribution in [-0.4, -0.2) is 37.1 Å². The van der Waals surface area contributed by atoms with E-state index in [9.17, 15) is 10.1 Å². The first-order chi connectivity index (χ1) is 10.5. The molecule has 0 atom stereocenters. The Labute approximate surface area is 130 Å². The fourth-order valence-corrected chi connectivity index (χ4v) is 2.16. The normalized spacial score (nSPS) is 10.3. The van der Waals surface area contributed by atoms with Crippen LogP contribution in [0.25, 0.3) is 0 Å². The maximum Gasteiger partial charge on any atom is 0.290 e. The molecule has 116 valence electrons. The molecule has 0 aliphatic heterocycles. The summed E-state index contributed by atoms with van der Waals surface area (Å²) in [5.41, 5.74) is 1.83. The van der Waals surface area contributed by atoms with E-state index in [1.807, 2.05) is 37.2 Å². The Morgan fingerprint density at radius 3 is 2.36 bits per heavy atom. The van der Waals surface area contributed by atoms with Gasteiger partial charge in [0, 0.05) is 38.4 Å². The van der Waals surface area contributed by atoms with Gasteiger partial charge in [-0.1, -0.05) is 18.2 Å². The van der Waals surface area contributed by atoms with E-state index < -0.39 is 4.92 Å². The quantitative estimate of drug-likeness (QED) is 0.606. The van der Waals surface area contributed by atoms with Crippen molar-refractivity contribution in [1.29, 1.82) is 0 Å². The predicted octanol–water partition coefficient (Wildman–Crippen LogP) is 2.87. The number of hydrogen-bond acceptors (Lipinski definition) is 5. The number of nitrogens with zero attached hydrogens (tertiary/aromatic N) is 4. The van der Waals surface area contributed by atoms with Crippen molar-refractivity contribution >= 4 is 17.2 Å². The highest BCUT2D eigenvalue weighted by Crippen LogP contribution is 2.20. The molecule has 0 radical (unpaired) electrons. The van der Waals surface area contributed by atoms with Gasteiger partial charge in [-0.3, -0.25) is 10.1 Å². The fourth-order valence-electron chi connectivity index (χ4n) is 2.16. The highest BCUT2D eigenvalue weighted by molar-refractivity contribution is 5.49. The van der Waals surface area contributed by atoms with Crippen molar-refractivity contribution in [1.82, 2.24) is 4.98 Å². The minimum atomic E-state index is -0.407. The Morgan fingerprint density at radius 1 is 1.14 bits per heavy atom. The Balaban J connectivity index is 1.99. The fraction of sp³-hybridized carbons (Fsp3) is 0.312. The van der Waals surface area contributed by atoms with Gasteiger partial charge in [0.1, 0.15) is 12.0 Å². The molecule has 0 spiro atoms. The molecule has 0 fully saturated rings. The zero-order chi connectivity index (χ0) is 16.1. The van der Waals surface area contributed by atoms with Gasteiger partial charge in [-0.2, -0.15) is 0 Å². The summed E-state index contributed by atoms with van der Waals surface area (Å²) in [5.74, 6) is 0.740. The van der Waals surface area contributed by atoms with Gasteiger partial charge in [-0.15, -0.1) is 0 Å². The number of pyridine rings is 1. The first-order valence-corrected chi connectivity index (χ1v) is 7.07. The molecule has 0 aliphatic rings. The summed E-state index contributed by atoms with van der Waals surface area (Å²) in [4.78, 5) is 18.7. The molecule has 0 unspecified atom stereocenters. The molecule has 6 nitrogen and oxygen atoms in total. The van der Waals surface area contributed by atoms with Crippen LogP contribution < -0.4 is 9.80 Å². The third-order valence-electron chi connectivity index (χ3n) is 3.62. The molecule has 0 amide bonds. The second-order valence-corrected chi connectivity index (χ2v) is 5.26. The molecule has 6 heteroatoms. The number of aromatic nitrogens is 1. The summed E-state index contributed by atoms with van der Waals surface area (Å²) in [5, 5.41) is 10.8. The van der Waals surface area contributed by atoms with Crippen LogP contribution in [0, 0.1) is 17.0 Å². The van der Waals surface area contributed by atoms with E-state index in [-0.39, 0.29) is 5.69 Å². The van der Waals surface area contributed by atoms with E-state index in [0.717, 1.165) is 24.6 Å². The van der Waals surface area contributed by atoms with E-state index in [1.54, 1.807) is 13.0 Å². The van der Waals surface area contributed by atoms with E-state index in [2.05, 4.69) is 22.0 Å². The average Bonchev–Trinajstić information content (AvgIpc) is 2.52. The van der Waals surface area contributed by atoms with Crippen molar-refractivity contribution in [2.24, 2.45) is 0 Å². The van der Waals surface area contributed by atoms with Crippen molar-refractivity contribution < 1.29 is 4.92 Å². The van der Waals surface area contributed by atoms with Crippen LogP contribution >= 0.6 is 0 Å². The van der Waals surface area contributed by atoms with Crippen molar-refractivity contribution in [3.63, 3.8) is 0 Å². The van der Waals surface area contributed by atoms with Crippen molar-refractivity contribution in [3.05, 3.63) is 58.3 Å². The van der Waals surface area contributed by atoms with E-state index in [1.165, 1.54) is 6.20 Å². The van der Waals surface area contributed by atoms with Crippen LogP contribution in [0.15, 0.2) is 42.6 Å². The molecule has 2 aromatic rings. The van der Waals surface area contributed by atoms with Crippen molar-refractivity contribution in [2.75, 3.05) is 37.0 Å². The van der Waals surface area contributed by atoms with Gasteiger partial charge >= 0.3 is 0 Å². The number of anilines is 2. The highest BCUT2D eigenvalue weighted by Gasteiger charge is 2.13. The number of benzene rings is 1. The monoisotopic (exact) mass is 300 g/mol. The number of rotatable bonds is 6. The molecule has 0 aliphatic carbocycles. The number of aryl methyl sites for hydroxylation is 1. The van der Waals surface area contributed by atoms with Crippen molar-refractivity contribution in [3.8, 4) is 0 Å². The van der Waals surface area contributed by atoms with Crippen molar-refractivity contribution in [2.45, 2.75) is 6.92 Å². The lowest BCUT2D eigenvalue weighted by Crippen LogP contribution is -2.31. The third kappa shape index (κ3) is 3.72. The van der Waals surface area contributed by atoms with Gasteiger partial charge in [-0.25, -0.2) is 4.98 Å². The average molecular weight is 300 g/mol. The Kier molecular flexibility index (Phi) is 4.93. The number of para-hydroxylation sites is 1. The maximum atomic E-state index is 10.8. The lowest BCUT2D eigenvalue weighted by atomic mass is 10.2. The zero-order valence-corrected chi connectivity index (χ0v) is 13.1. The summed E-state index contributed by atoms with van der Waals surface area (Å²) in [6, 6.07) is 11.9. The molecule has 0 N–H and O–H groups in total. The van der Waals surface area contributed by atoms with E-state index in [4.69, 9.17) is 0 Å². The van der Waals surface area contributed by atoms with Gasteiger partial charge < -0.3 is 9.80 Å².